The zero-order valence-corrected chi connectivity index (χ0v) is 12.6. The van der Waals surface area contributed by atoms with Crippen LogP contribution in [0.1, 0.15) is 12.0 Å². The Kier molecular flexibility index (Phi) is 6.17. The first-order chi connectivity index (χ1) is 10.7. The van der Waals surface area contributed by atoms with Crippen LogP contribution in [-0.2, 0) is 20.9 Å². The molecule has 1 aliphatic rings. The van der Waals surface area contributed by atoms with Crippen LogP contribution >= 0.6 is 0 Å². The largest absolute Gasteiger partial charge is 0.491 e. The average Bonchev–Trinajstić information content (AvgIpc) is 2.97. The number of hydrogen-bond donors (Lipinski definition) is 2. The monoisotopic (exact) mass is 307 g/mol. The highest BCUT2D eigenvalue weighted by Crippen LogP contribution is 2.14. The van der Waals surface area contributed by atoms with Crippen molar-refractivity contribution in [2.24, 2.45) is 10.9 Å². The highest BCUT2D eigenvalue weighted by atomic mass is 16.6. The molecule has 0 fully saturated rings. The Hall–Kier alpha value is -2.12. The van der Waals surface area contributed by atoms with Gasteiger partial charge in [0, 0.05) is 26.6 Å². The number of hydrogen-bond acceptors (Lipinski definition) is 6. The van der Waals surface area contributed by atoms with Crippen LogP contribution in [0.15, 0.2) is 29.4 Å². The minimum absolute atomic E-state index is 0.149. The number of amides is 1. The summed E-state index contributed by atoms with van der Waals surface area (Å²) in [6, 6.07) is 7.84. The molecule has 0 radical (unpaired) electrons. The van der Waals surface area contributed by atoms with Gasteiger partial charge in [0.2, 0.25) is 0 Å². The van der Waals surface area contributed by atoms with Crippen LogP contribution in [0.25, 0.3) is 0 Å². The summed E-state index contributed by atoms with van der Waals surface area (Å²) in [5.74, 6) is 0.288. The summed E-state index contributed by atoms with van der Waals surface area (Å²) in [4.78, 5) is 16.1. The first-order valence-corrected chi connectivity index (χ1v) is 7.13. The molecule has 1 amide bonds. The summed E-state index contributed by atoms with van der Waals surface area (Å²) >= 11 is 0. The van der Waals surface area contributed by atoms with Crippen molar-refractivity contribution in [2.45, 2.75) is 19.1 Å². The van der Waals surface area contributed by atoms with Gasteiger partial charge in [0.25, 0.3) is 5.91 Å². The van der Waals surface area contributed by atoms with E-state index in [2.05, 4.69) is 10.5 Å². The molecule has 1 unspecified atom stereocenters. The van der Waals surface area contributed by atoms with Crippen LogP contribution in [0.5, 0.6) is 5.75 Å². The summed E-state index contributed by atoms with van der Waals surface area (Å²) in [7, 11) is 1.64. The van der Waals surface area contributed by atoms with Crippen LogP contribution in [0, 0.1) is 0 Å². The third-order valence-corrected chi connectivity index (χ3v) is 3.17. The highest BCUT2D eigenvalue weighted by molar-refractivity contribution is 6.38. The molecule has 1 atom stereocenters. The molecule has 0 spiro atoms. The maximum absolute atomic E-state index is 11.0. The van der Waals surface area contributed by atoms with E-state index in [0.717, 1.165) is 11.3 Å². The quantitative estimate of drug-likeness (QED) is 0.645. The molecule has 1 aromatic rings. The molecular weight excluding hydrogens is 286 g/mol. The van der Waals surface area contributed by atoms with E-state index < -0.39 is 5.91 Å². The number of primary amides is 1. The molecule has 7 nitrogen and oxygen atoms in total. The molecule has 0 bridgehead atoms. The number of carbonyl (C=O) groups is 1. The van der Waals surface area contributed by atoms with E-state index in [1.807, 2.05) is 24.3 Å². The van der Waals surface area contributed by atoms with Crippen molar-refractivity contribution < 1.29 is 19.1 Å². The third kappa shape index (κ3) is 5.01. The van der Waals surface area contributed by atoms with Crippen LogP contribution < -0.4 is 15.8 Å². The zero-order valence-electron chi connectivity index (χ0n) is 12.6. The molecule has 3 N–H and O–H groups in total. The molecule has 22 heavy (non-hydrogen) atoms. The fraction of sp³-hybridized carbons (Fsp3) is 0.467. The maximum atomic E-state index is 11.0. The molecule has 0 saturated carbocycles. The lowest BCUT2D eigenvalue weighted by molar-refractivity contribution is -0.112. The lowest BCUT2D eigenvalue weighted by Crippen LogP contribution is -2.29. The van der Waals surface area contributed by atoms with Gasteiger partial charge in [-0.3, -0.25) is 4.79 Å². The van der Waals surface area contributed by atoms with E-state index in [1.165, 1.54) is 0 Å². The number of nitrogens with zero attached hydrogens (tertiary/aromatic N) is 1. The molecule has 120 valence electrons. The molecule has 7 heteroatoms. The van der Waals surface area contributed by atoms with Gasteiger partial charge < -0.3 is 25.4 Å². The van der Waals surface area contributed by atoms with Gasteiger partial charge in [-0.1, -0.05) is 17.3 Å². The second-order valence-corrected chi connectivity index (χ2v) is 4.95. The van der Waals surface area contributed by atoms with Gasteiger partial charge in [0.05, 0.1) is 6.61 Å². The smallest absolute Gasteiger partial charge is 0.266 e. The normalized spacial score (nSPS) is 17.0. The molecule has 1 heterocycles. The van der Waals surface area contributed by atoms with Gasteiger partial charge in [-0.15, -0.1) is 0 Å². The molecule has 2 rings (SSSR count). The first-order valence-electron chi connectivity index (χ1n) is 7.13. The SMILES string of the molecule is COCCOc1cccc(CNCC2CC(C(N)=O)=NO2)c1. The number of nitrogens with one attached hydrogen (secondary N) is 1. The second-order valence-electron chi connectivity index (χ2n) is 4.95. The minimum atomic E-state index is -0.525. The standard InChI is InChI=1S/C15H21N3O4/c1-20-5-6-21-12-4-2-3-11(7-12)9-17-10-13-8-14(15(16)19)18-22-13/h2-4,7,13,17H,5-6,8-10H2,1H3,(H2,16,19). The fourth-order valence-corrected chi connectivity index (χ4v) is 2.05. The van der Waals surface area contributed by atoms with Crippen LogP contribution in [0.2, 0.25) is 0 Å². The van der Waals surface area contributed by atoms with E-state index in [4.69, 9.17) is 20.0 Å². The summed E-state index contributed by atoms with van der Waals surface area (Å²) in [6.45, 7) is 2.35. The van der Waals surface area contributed by atoms with E-state index in [-0.39, 0.29) is 6.10 Å². The van der Waals surface area contributed by atoms with Crippen molar-refractivity contribution in [3.8, 4) is 5.75 Å². The predicted molar refractivity (Wildman–Crippen MR) is 81.6 cm³/mol. The number of benzene rings is 1. The average molecular weight is 307 g/mol. The molecular formula is C15H21N3O4. The maximum Gasteiger partial charge on any atom is 0.266 e. The van der Waals surface area contributed by atoms with Crippen LogP contribution in [-0.4, -0.2) is 44.6 Å². The number of ether oxygens (including phenoxy) is 2. The van der Waals surface area contributed by atoms with E-state index in [1.54, 1.807) is 7.11 Å². The Bertz CT molecular complexity index is 533. The van der Waals surface area contributed by atoms with Gasteiger partial charge in [-0.25, -0.2) is 0 Å². The lowest BCUT2D eigenvalue weighted by Gasteiger charge is -2.11. The predicted octanol–water partition coefficient (Wildman–Crippen LogP) is 0.432. The van der Waals surface area contributed by atoms with Crippen molar-refractivity contribution in [1.82, 2.24) is 5.32 Å². The summed E-state index contributed by atoms with van der Waals surface area (Å²) in [5.41, 5.74) is 6.55. The first kappa shape index (κ1) is 16.3. The fourth-order valence-electron chi connectivity index (χ4n) is 2.05. The Balaban J connectivity index is 1.71. The number of carbonyl (C=O) groups excluding carboxylic acids is 1. The van der Waals surface area contributed by atoms with E-state index in [9.17, 15) is 4.79 Å². The van der Waals surface area contributed by atoms with Crippen LogP contribution in [0.4, 0.5) is 0 Å². The molecule has 1 aromatic carbocycles. The lowest BCUT2D eigenvalue weighted by atomic mass is 10.1. The Labute approximate surface area is 129 Å². The van der Waals surface area contributed by atoms with Gasteiger partial charge >= 0.3 is 0 Å². The van der Waals surface area contributed by atoms with Gasteiger partial charge in [0.1, 0.15) is 24.2 Å². The second kappa shape index (κ2) is 8.35. The Morgan fingerprint density at radius 2 is 2.36 bits per heavy atom. The van der Waals surface area contributed by atoms with E-state index >= 15 is 0 Å². The molecule has 1 aliphatic heterocycles. The van der Waals surface area contributed by atoms with Crippen molar-refractivity contribution in [3.63, 3.8) is 0 Å². The topological polar surface area (TPSA) is 95.2 Å². The minimum Gasteiger partial charge on any atom is -0.491 e. The summed E-state index contributed by atoms with van der Waals surface area (Å²) in [6.07, 6.45) is 0.298. The van der Waals surface area contributed by atoms with Crippen molar-refractivity contribution in [3.05, 3.63) is 29.8 Å². The molecule has 0 saturated heterocycles. The highest BCUT2D eigenvalue weighted by Gasteiger charge is 2.23. The number of oxime groups is 1. The van der Waals surface area contributed by atoms with Gasteiger partial charge in [-0.05, 0) is 17.7 Å². The van der Waals surface area contributed by atoms with Crippen LogP contribution in [0.3, 0.4) is 0 Å². The third-order valence-electron chi connectivity index (χ3n) is 3.17. The Morgan fingerprint density at radius 1 is 1.50 bits per heavy atom. The molecule has 0 aromatic heterocycles. The van der Waals surface area contributed by atoms with E-state index in [0.29, 0.717) is 38.4 Å². The number of nitrogens with two attached hydrogens (primary N) is 1. The number of rotatable bonds is 9. The van der Waals surface area contributed by atoms with Crippen molar-refractivity contribution in [1.29, 1.82) is 0 Å². The zero-order chi connectivity index (χ0) is 15.8. The Morgan fingerprint density at radius 3 is 3.09 bits per heavy atom. The van der Waals surface area contributed by atoms with Crippen molar-refractivity contribution in [2.75, 3.05) is 26.9 Å². The van der Waals surface area contributed by atoms with Gasteiger partial charge in [-0.2, -0.15) is 0 Å². The summed E-state index contributed by atoms with van der Waals surface area (Å²) < 4.78 is 10.5. The van der Waals surface area contributed by atoms with Gasteiger partial charge in [0.15, 0.2) is 0 Å². The number of methoxy groups -OCH3 is 1. The summed E-state index contributed by atoms with van der Waals surface area (Å²) in [5, 5.41) is 6.94. The molecule has 0 aliphatic carbocycles. The van der Waals surface area contributed by atoms with Crippen molar-refractivity contribution >= 4 is 11.6 Å².